The van der Waals surface area contributed by atoms with Gasteiger partial charge in [-0.15, -0.1) is 0 Å². The van der Waals surface area contributed by atoms with E-state index in [9.17, 15) is 18.0 Å². The van der Waals surface area contributed by atoms with E-state index in [1.54, 1.807) is 25.1 Å². The molecule has 2 aromatic heterocycles. The number of benzene rings is 1. The number of amides is 1. The normalized spacial score (nSPS) is 11.8. The Balaban J connectivity index is 1.97. The van der Waals surface area contributed by atoms with Crippen molar-refractivity contribution < 1.29 is 18.0 Å². The quantitative estimate of drug-likeness (QED) is 0.700. The van der Waals surface area contributed by atoms with Crippen molar-refractivity contribution in [3.63, 3.8) is 0 Å². The van der Waals surface area contributed by atoms with Crippen molar-refractivity contribution in [3.8, 4) is 0 Å². The molecule has 0 aliphatic rings. The molecule has 0 atom stereocenters. The predicted octanol–water partition coefficient (Wildman–Crippen LogP) is 4.67. The summed E-state index contributed by atoms with van der Waals surface area (Å²) < 4.78 is 41.3. The number of hydrogen-bond acceptors (Lipinski definition) is 3. The van der Waals surface area contributed by atoms with Crippen molar-refractivity contribution in [2.75, 3.05) is 5.32 Å². The van der Waals surface area contributed by atoms with Gasteiger partial charge in [0.05, 0.1) is 16.6 Å². The molecular formula is C18H16ClF3N4O. The maximum Gasteiger partial charge on any atom is 0.417 e. The molecule has 0 aliphatic heterocycles. The zero-order valence-corrected chi connectivity index (χ0v) is 15.5. The fraction of sp³-hybridized carbons (Fsp3) is 0.278. The lowest BCUT2D eigenvalue weighted by molar-refractivity contribution is -0.136. The molecule has 0 radical (unpaired) electrons. The lowest BCUT2D eigenvalue weighted by Gasteiger charge is -2.11. The highest BCUT2D eigenvalue weighted by molar-refractivity contribution is 6.31. The summed E-state index contributed by atoms with van der Waals surface area (Å²) in [7, 11) is 0. The molecule has 1 N–H and O–H groups in total. The van der Waals surface area contributed by atoms with Crippen LogP contribution in [-0.4, -0.2) is 20.7 Å². The van der Waals surface area contributed by atoms with Gasteiger partial charge in [-0.05, 0) is 44.5 Å². The highest BCUT2D eigenvalue weighted by Crippen LogP contribution is 2.36. The fourth-order valence-corrected chi connectivity index (χ4v) is 3.06. The van der Waals surface area contributed by atoms with Crippen molar-refractivity contribution in [1.29, 1.82) is 0 Å². The number of carbonyl (C=O) groups is 1. The Labute approximate surface area is 158 Å². The van der Waals surface area contributed by atoms with Gasteiger partial charge in [0.15, 0.2) is 5.65 Å². The Morgan fingerprint density at radius 1 is 1.26 bits per heavy atom. The first kappa shape index (κ1) is 19.2. The zero-order valence-electron chi connectivity index (χ0n) is 14.8. The summed E-state index contributed by atoms with van der Waals surface area (Å²) in [6.07, 6.45) is -4.54. The van der Waals surface area contributed by atoms with Crippen molar-refractivity contribution in [1.82, 2.24) is 14.8 Å². The minimum atomic E-state index is -4.54. The van der Waals surface area contributed by atoms with Gasteiger partial charge in [0.25, 0.3) is 0 Å². The van der Waals surface area contributed by atoms with Crippen LogP contribution in [0.1, 0.15) is 22.5 Å². The van der Waals surface area contributed by atoms with Crippen molar-refractivity contribution in [3.05, 3.63) is 51.8 Å². The van der Waals surface area contributed by atoms with Crippen LogP contribution >= 0.6 is 11.6 Å². The first-order valence-electron chi connectivity index (χ1n) is 8.05. The van der Waals surface area contributed by atoms with Crippen LogP contribution in [0.25, 0.3) is 11.0 Å². The highest BCUT2D eigenvalue weighted by atomic mass is 35.5. The van der Waals surface area contributed by atoms with Gasteiger partial charge in [0.1, 0.15) is 6.54 Å². The molecule has 2 heterocycles. The zero-order chi connectivity index (χ0) is 19.9. The van der Waals surface area contributed by atoms with E-state index in [1.807, 2.05) is 0 Å². The molecule has 5 nitrogen and oxygen atoms in total. The number of pyridine rings is 1. The van der Waals surface area contributed by atoms with Crippen molar-refractivity contribution in [2.24, 2.45) is 0 Å². The fourth-order valence-electron chi connectivity index (χ4n) is 2.88. The van der Waals surface area contributed by atoms with Crippen molar-refractivity contribution >= 4 is 34.2 Å². The van der Waals surface area contributed by atoms with Gasteiger partial charge in [0, 0.05) is 16.4 Å². The van der Waals surface area contributed by atoms with Crippen molar-refractivity contribution in [2.45, 2.75) is 33.5 Å². The minimum Gasteiger partial charge on any atom is -0.324 e. The molecule has 0 spiro atoms. The van der Waals surface area contributed by atoms with Crippen LogP contribution in [0.5, 0.6) is 0 Å². The Bertz CT molecular complexity index is 1040. The van der Waals surface area contributed by atoms with Crippen LogP contribution in [-0.2, 0) is 17.5 Å². The molecule has 0 bridgehead atoms. The molecule has 1 amide bonds. The van der Waals surface area contributed by atoms with Gasteiger partial charge < -0.3 is 5.32 Å². The summed E-state index contributed by atoms with van der Waals surface area (Å²) in [4.78, 5) is 16.6. The summed E-state index contributed by atoms with van der Waals surface area (Å²) in [5.41, 5.74) is 0.805. The molecule has 3 aromatic rings. The lowest BCUT2D eigenvalue weighted by atomic mass is 10.1. The Hall–Kier alpha value is -2.61. The van der Waals surface area contributed by atoms with E-state index >= 15 is 0 Å². The maximum absolute atomic E-state index is 13.4. The van der Waals surface area contributed by atoms with Crippen LogP contribution in [0.4, 0.5) is 18.9 Å². The summed E-state index contributed by atoms with van der Waals surface area (Å²) in [6.45, 7) is 4.41. The smallest absolute Gasteiger partial charge is 0.324 e. The topological polar surface area (TPSA) is 59.8 Å². The third-order valence-corrected chi connectivity index (χ3v) is 4.56. The standard InChI is InChI=1S/C18H16ClF3N4O/c1-9-7-12(18(20,21)22)16-11(3)25-26(17(16)23-9)8-15(27)24-14-6-4-5-13(19)10(14)2/h4-7H,8H2,1-3H3,(H,24,27). The van der Waals surface area contributed by atoms with Gasteiger partial charge in [-0.3, -0.25) is 4.79 Å². The number of aromatic nitrogens is 3. The van der Waals surface area contributed by atoms with Crippen LogP contribution in [0, 0.1) is 20.8 Å². The number of rotatable bonds is 3. The molecule has 27 heavy (non-hydrogen) atoms. The number of aryl methyl sites for hydroxylation is 2. The largest absolute Gasteiger partial charge is 0.417 e. The van der Waals surface area contributed by atoms with E-state index in [1.165, 1.54) is 18.5 Å². The minimum absolute atomic E-state index is 0.0257. The Kier molecular flexibility index (Phi) is 4.86. The SMILES string of the molecule is Cc1cc(C(F)(F)F)c2c(C)nn(CC(=O)Nc3cccc(Cl)c3C)c2n1. The van der Waals surface area contributed by atoms with E-state index in [0.29, 0.717) is 16.3 Å². The highest BCUT2D eigenvalue weighted by Gasteiger charge is 2.35. The third-order valence-electron chi connectivity index (χ3n) is 4.15. The van der Waals surface area contributed by atoms with Crippen LogP contribution < -0.4 is 5.32 Å². The number of halogens is 4. The van der Waals surface area contributed by atoms with E-state index in [0.717, 1.165) is 6.07 Å². The molecule has 3 rings (SSSR count). The van der Waals surface area contributed by atoms with Gasteiger partial charge in [-0.1, -0.05) is 17.7 Å². The number of alkyl halides is 3. The van der Waals surface area contributed by atoms with E-state index in [2.05, 4.69) is 15.4 Å². The first-order chi connectivity index (χ1) is 12.6. The molecule has 0 saturated heterocycles. The summed E-state index contributed by atoms with van der Waals surface area (Å²) >= 11 is 6.03. The number of anilines is 1. The molecule has 0 aliphatic carbocycles. The average molecular weight is 397 g/mol. The number of nitrogens with zero attached hydrogens (tertiary/aromatic N) is 3. The molecule has 1 aromatic carbocycles. The Morgan fingerprint density at radius 2 is 1.96 bits per heavy atom. The van der Waals surface area contributed by atoms with Gasteiger partial charge in [-0.25, -0.2) is 9.67 Å². The predicted molar refractivity (Wildman–Crippen MR) is 96.8 cm³/mol. The monoisotopic (exact) mass is 396 g/mol. The van der Waals surface area contributed by atoms with Gasteiger partial charge in [0.2, 0.25) is 5.91 Å². The van der Waals surface area contributed by atoms with E-state index in [4.69, 9.17) is 11.6 Å². The molecular weight excluding hydrogens is 381 g/mol. The molecule has 0 fully saturated rings. The summed E-state index contributed by atoms with van der Waals surface area (Å²) in [5, 5.41) is 7.20. The number of hydrogen-bond donors (Lipinski definition) is 1. The second-order valence-electron chi connectivity index (χ2n) is 6.21. The second-order valence-corrected chi connectivity index (χ2v) is 6.62. The van der Waals surface area contributed by atoms with Gasteiger partial charge in [-0.2, -0.15) is 18.3 Å². The molecule has 0 unspecified atom stereocenters. The van der Waals surface area contributed by atoms with Crippen LogP contribution in [0.15, 0.2) is 24.3 Å². The van der Waals surface area contributed by atoms with Crippen LogP contribution in [0.3, 0.4) is 0 Å². The number of fused-ring (bicyclic) bond motifs is 1. The number of nitrogens with one attached hydrogen (secondary N) is 1. The maximum atomic E-state index is 13.4. The van der Waals surface area contributed by atoms with E-state index < -0.39 is 17.6 Å². The Morgan fingerprint density at radius 3 is 2.63 bits per heavy atom. The molecule has 0 saturated carbocycles. The second kappa shape index (κ2) is 6.84. The summed E-state index contributed by atoms with van der Waals surface area (Å²) in [6, 6.07) is 6.06. The first-order valence-corrected chi connectivity index (χ1v) is 8.42. The van der Waals surface area contributed by atoms with Crippen LogP contribution in [0.2, 0.25) is 5.02 Å². The molecule has 142 valence electrons. The lowest BCUT2D eigenvalue weighted by Crippen LogP contribution is -2.20. The third kappa shape index (κ3) is 3.75. The number of carbonyl (C=O) groups excluding carboxylic acids is 1. The summed E-state index contributed by atoms with van der Waals surface area (Å²) in [5.74, 6) is -0.443. The molecule has 9 heteroatoms. The average Bonchev–Trinajstić information content (AvgIpc) is 2.86. The van der Waals surface area contributed by atoms with Gasteiger partial charge >= 0.3 is 6.18 Å². The van der Waals surface area contributed by atoms with E-state index in [-0.39, 0.29) is 29.0 Å².